The van der Waals surface area contributed by atoms with Crippen molar-refractivity contribution >= 4 is 0 Å². The maximum absolute atomic E-state index is 5.80. The van der Waals surface area contributed by atoms with Gasteiger partial charge in [-0.2, -0.15) is 0 Å². The molecule has 1 heterocycles. The standard InChI is InChI=1S/C19H21NO/c1-13-6-8-14(9-7-13)19(15-10-11-15)20-17-12-21-18-5-3-2-4-16(17)18/h2-9,15,17,19-20H,10-12H2,1H3. The van der Waals surface area contributed by atoms with E-state index in [0.29, 0.717) is 12.1 Å². The molecule has 21 heavy (non-hydrogen) atoms. The zero-order valence-electron chi connectivity index (χ0n) is 12.4. The van der Waals surface area contributed by atoms with Crippen LogP contribution in [0.4, 0.5) is 0 Å². The van der Waals surface area contributed by atoms with Gasteiger partial charge in [-0.05, 0) is 37.3 Å². The lowest BCUT2D eigenvalue weighted by atomic mass is 9.98. The summed E-state index contributed by atoms with van der Waals surface area (Å²) in [6.07, 6.45) is 2.67. The fourth-order valence-electron chi connectivity index (χ4n) is 3.23. The molecule has 2 nitrogen and oxygen atoms in total. The first-order chi connectivity index (χ1) is 10.3. The number of ether oxygens (including phenoxy) is 1. The van der Waals surface area contributed by atoms with E-state index in [1.165, 1.54) is 29.5 Å². The Kier molecular flexibility index (Phi) is 3.19. The average Bonchev–Trinajstić information content (AvgIpc) is 3.27. The van der Waals surface area contributed by atoms with Crippen LogP contribution in [0.1, 0.15) is 41.6 Å². The van der Waals surface area contributed by atoms with Crippen LogP contribution in [-0.4, -0.2) is 6.61 Å². The number of para-hydroxylation sites is 1. The average molecular weight is 279 g/mol. The first-order valence-corrected chi connectivity index (χ1v) is 7.85. The quantitative estimate of drug-likeness (QED) is 0.907. The molecule has 0 amide bonds. The third-order valence-corrected chi connectivity index (χ3v) is 4.61. The second kappa shape index (κ2) is 5.19. The van der Waals surface area contributed by atoms with Crippen LogP contribution in [-0.2, 0) is 0 Å². The van der Waals surface area contributed by atoms with Gasteiger partial charge in [-0.1, -0.05) is 48.0 Å². The van der Waals surface area contributed by atoms with E-state index in [1.807, 2.05) is 6.07 Å². The molecule has 2 unspecified atom stereocenters. The maximum atomic E-state index is 5.80. The molecule has 2 aromatic carbocycles. The van der Waals surface area contributed by atoms with Gasteiger partial charge in [-0.3, -0.25) is 5.32 Å². The topological polar surface area (TPSA) is 21.3 Å². The van der Waals surface area contributed by atoms with E-state index >= 15 is 0 Å². The summed E-state index contributed by atoms with van der Waals surface area (Å²) in [4.78, 5) is 0. The highest BCUT2D eigenvalue weighted by Crippen LogP contribution is 2.43. The molecule has 2 aliphatic rings. The fraction of sp³-hybridized carbons (Fsp3) is 0.368. The Labute approximate surface area is 126 Å². The number of rotatable bonds is 4. The number of aryl methyl sites for hydroxylation is 1. The van der Waals surface area contributed by atoms with E-state index in [-0.39, 0.29) is 0 Å². The summed E-state index contributed by atoms with van der Waals surface area (Å²) in [5.74, 6) is 1.81. The number of nitrogens with one attached hydrogen (secondary N) is 1. The highest BCUT2D eigenvalue weighted by molar-refractivity contribution is 5.39. The van der Waals surface area contributed by atoms with Crippen LogP contribution in [0, 0.1) is 12.8 Å². The molecule has 4 rings (SSSR count). The lowest BCUT2D eigenvalue weighted by Crippen LogP contribution is -2.28. The van der Waals surface area contributed by atoms with Gasteiger partial charge in [0.05, 0.1) is 6.04 Å². The summed E-state index contributed by atoms with van der Waals surface area (Å²) < 4.78 is 5.80. The van der Waals surface area contributed by atoms with Crippen molar-refractivity contribution in [2.24, 2.45) is 5.92 Å². The van der Waals surface area contributed by atoms with Gasteiger partial charge in [0.25, 0.3) is 0 Å². The third kappa shape index (κ3) is 2.56. The van der Waals surface area contributed by atoms with Crippen molar-refractivity contribution in [3.63, 3.8) is 0 Å². The molecule has 2 aromatic rings. The van der Waals surface area contributed by atoms with E-state index in [1.54, 1.807) is 0 Å². The van der Waals surface area contributed by atoms with Crippen molar-refractivity contribution < 1.29 is 4.74 Å². The van der Waals surface area contributed by atoms with Crippen molar-refractivity contribution in [2.45, 2.75) is 31.8 Å². The summed E-state index contributed by atoms with van der Waals surface area (Å²) >= 11 is 0. The van der Waals surface area contributed by atoms with Gasteiger partial charge in [-0.15, -0.1) is 0 Å². The molecule has 0 radical (unpaired) electrons. The lowest BCUT2D eigenvalue weighted by molar-refractivity contribution is 0.291. The Balaban J connectivity index is 1.58. The van der Waals surface area contributed by atoms with Crippen molar-refractivity contribution in [1.29, 1.82) is 0 Å². The van der Waals surface area contributed by atoms with Crippen LogP contribution < -0.4 is 10.1 Å². The Morgan fingerprint density at radius 2 is 1.81 bits per heavy atom. The molecule has 0 spiro atoms. The van der Waals surface area contributed by atoms with Gasteiger partial charge in [0.1, 0.15) is 12.4 Å². The third-order valence-electron chi connectivity index (χ3n) is 4.61. The van der Waals surface area contributed by atoms with Crippen LogP contribution in [0.3, 0.4) is 0 Å². The molecular formula is C19H21NO. The van der Waals surface area contributed by atoms with Crippen LogP contribution >= 0.6 is 0 Å². The van der Waals surface area contributed by atoms with E-state index in [4.69, 9.17) is 4.74 Å². The molecule has 1 N–H and O–H groups in total. The van der Waals surface area contributed by atoms with Crippen molar-refractivity contribution in [3.8, 4) is 5.75 Å². The minimum absolute atomic E-state index is 0.313. The van der Waals surface area contributed by atoms with Gasteiger partial charge < -0.3 is 4.74 Å². The SMILES string of the molecule is Cc1ccc(C(NC2COc3ccccc32)C2CC2)cc1. The van der Waals surface area contributed by atoms with E-state index < -0.39 is 0 Å². The lowest BCUT2D eigenvalue weighted by Gasteiger charge is -2.23. The molecule has 0 saturated heterocycles. The van der Waals surface area contributed by atoms with Crippen molar-refractivity contribution in [1.82, 2.24) is 5.32 Å². The smallest absolute Gasteiger partial charge is 0.124 e. The van der Waals surface area contributed by atoms with Crippen LogP contribution in [0.15, 0.2) is 48.5 Å². The Bertz CT molecular complexity index is 630. The highest BCUT2D eigenvalue weighted by atomic mass is 16.5. The summed E-state index contributed by atoms with van der Waals surface area (Å²) in [5.41, 5.74) is 4.03. The number of hydrogen-bond donors (Lipinski definition) is 1. The largest absolute Gasteiger partial charge is 0.491 e. The maximum Gasteiger partial charge on any atom is 0.124 e. The van der Waals surface area contributed by atoms with Gasteiger partial charge in [0.15, 0.2) is 0 Å². The zero-order chi connectivity index (χ0) is 14.2. The molecule has 108 valence electrons. The fourth-order valence-corrected chi connectivity index (χ4v) is 3.23. The van der Waals surface area contributed by atoms with E-state index in [0.717, 1.165) is 18.3 Å². The molecule has 1 aliphatic carbocycles. The van der Waals surface area contributed by atoms with Crippen LogP contribution in [0.25, 0.3) is 0 Å². The predicted octanol–water partition coefficient (Wildman–Crippen LogP) is 4.17. The molecule has 1 saturated carbocycles. The Morgan fingerprint density at radius 3 is 2.57 bits per heavy atom. The van der Waals surface area contributed by atoms with E-state index in [9.17, 15) is 0 Å². The van der Waals surface area contributed by atoms with Gasteiger partial charge in [-0.25, -0.2) is 0 Å². The Hall–Kier alpha value is -1.80. The molecule has 2 atom stereocenters. The highest BCUT2D eigenvalue weighted by Gasteiger charge is 2.35. The number of benzene rings is 2. The molecule has 1 fully saturated rings. The van der Waals surface area contributed by atoms with Crippen molar-refractivity contribution in [2.75, 3.05) is 6.61 Å². The van der Waals surface area contributed by atoms with Gasteiger partial charge in [0, 0.05) is 11.6 Å². The monoisotopic (exact) mass is 279 g/mol. The minimum Gasteiger partial charge on any atom is -0.491 e. The first-order valence-electron chi connectivity index (χ1n) is 7.85. The predicted molar refractivity (Wildman–Crippen MR) is 84.5 cm³/mol. The molecular weight excluding hydrogens is 258 g/mol. The molecule has 0 bridgehead atoms. The molecule has 1 aliphatic heterocycles. The summed E-state index contributed by atoms with van der Waals surface area (Å²) in [6.45, 7) is 2.89. The molecule has 0 aromatic heterocycles. The summed E-state index contributed by atoms with van der Waals surface area (Å²) in [7, 11) is 0. The summed E-state index contributed by atoms with van der Waals surface area (Å²) in [5, 5.41) is 3.84. The second-order valence-electron chi connectivity index (χ2n) is 6.29. The zero-order valence-corrected chi connectivity index (χ0v) is 12.4. The number of hydrogen-bond acceptors (Lipinski definition) is 2. The normalized spacial score (nSPS) is 21.7. The number of fused-ring (bicyclic) bond motifs is 1. The minimum atomic E-state index is 0.313. The van der Waals surface area contributed by atoms with Crippen LogP contribution in [0.2, 0.25) is 0 Å². The van der Waals surface area contributed by atoms with Gasteiger partial charge in [0.2, 0.25) is 0 Å². The van der Waals surface area contributed by atoms with Crippen LogP contribution in [0.5, 0.6) is 5.75 Å². The first kappa shape index (κ1) is 12.9. The molecule has 2 heteroatoms. The van der Waals surface area contributed by atoms with Gasteiger partial charge >= 0.3 is 0 Å². The van der Waals surface area contributed by atoms with Crippen molar-refractivity contribution in [3.05, 3.63) is 65.2 Å². The Morgan fingerprint density at radius 1 is 1.05 bits per heavy atom. The van der Waals surface area contributed by atoms with E-state index in [2.05, 4.69) is 54.7 Å². The second-order valence-corrected chi connectivity index (χ2v) is 6.29. The summed E-state index contributed by atoms with van der Waals surface area (Å²) in [6, 6.07) is 18.1.